The molecule has 4 heteroatoms. The van der Waals surface area contributed by atoms with Crippen LogP contribution < -0.4 is 14.8 Å². The number of para-hydroxylation sites is 1. The summed E-state index contributed by atoms with van der Waals surface area (Å²) in [6.07, 6.45) is 2.22. The van der Waals surface area contributed by atoms with Crippen molar-refractivity contribution < 1.29 is 14.6 Å². The Bertz CT molecular complexity index is 429. The fourth-order valence-corrected chi connectivity index (χ4v) is 2.30. The second-order valence-electron chi connectivity index (χ2n) is 5.34. The molecule has 0 amide bonds. The van der Waals surface area contributed by atoms with E-state index in [4.69, 9.17) is 9.47 Å². The zero-order valence-electron chi connectivity index (χ0n) is 11.9. The molecule has 1 saturated carbocycles. The average molecular weight is 265 g/mol. The molecule has 1 fully saturated rings. The van der Waals surface area contributed by atoms with Crippen molar-refractivity contribution in [3.05, 3.63) is 23.8 Å². The number of nitrogens with one attached hydrogen (secondary N) is 1. The summed E-state index contributed by atoms with van der Waals surface area (Å²) in [6.45, 7) is 3.21. The van der Waals surface area contributed by atoms with E-state index >= 15 is 0 Å². The monoisotopic (exact) mass is 265 g/mol. The smallest absolute Gasteiger partial charge is 0.165 e. The van der Waals surface area contributed by atoms with E-state index in [1.165, 1.54) is 0 Å². The van der Waals surface area contributed by atoms with Gasteiger partial charge < -0.3 is 19.9 Å². The topological polar surface area (TPSA) is 50.7 Å². The number of ether oxygens (including phenoxy) is 2. The van der Waals surface area contributed by atoms with Crippen molar-refractivity contribution in [3.63, 3.8) is 0 Å². The van der Waals surface area contributed by atoms with Crippen LogP contribution in [0.2, 0.25) is 0 Å². The van der Waals surface area contributed by atoms with E-state index < -0.39 is 0 Å². The van der Waals surface area contributed by atoms with Crippen LogP contribution in [0.15, 0.2) is 18.2 Å². The van der Waals surface area contributed by atoms with Crippen LogP contribution in [0.3, 0.4) is 0 Å². The summed E-state index contributed by atoms with van der Waals surface area (Å²) in [5.74, 6) is 1.52. The third-order valence-corrected chi connectivity index (χ3v) is 3.98. The zero-order valence-corrected chi connectivity index (χ0v) is 11.9. The molecule has 4 nitrogen and oxygen atoms in total. The van der Waals surface area contributed by atoms with Gasteiger partial charge in [-0.05, 0) is 25.8 Å². The maximum atomic E-state index is 9.34. The first kappa shape index (κ1) is 14.2. The third-order valence-electron chi connectivity index (χ3n) is 3.98. The lowest BCUT2D eigenvalue weighted by Crippen LogP contribution is -2.29. The van der Waals surface area contributed by atoms with Crippen molar-refractivity contribution in [2.75, 3.05) is 27.4 Å². The van der Waals surface area contributed by atoms with Gasteiger partial charge in [-0.25, -0.2) is 0 Å². The molecule has 1 aliphatic carbocycles. The molecule has 1 unspecified atom stereocenters. The number of benzene rings is 1. The molecule has 0 heterocycles. The minimum Gasteiger partial charge on any atom is -0.493 e. The molecule has 2 rings (SSSR count). The highest BCUT2D eigenvalue weighted by atomic mass is 16.5. The number of rotatable bonds is 7. The predicted molar refractivity (Wildman–Crippen MR) is 74.7 cm³/mol. The Hall–Kier alpha value is -1.26. The van der Waals surface area contributed by atoms with Gasteiger partial charge in [0, 0.05) is 30.2 Å². The van der Waals surface area contributed by atoms with Crippen molar-refractivity contribution in [3.8, 4) is 11.5 Å². The summed E-state index contributed by atoms with van der Waals surface area (Å²) >= 11 is 0. The fourth-order valence-electron chi connectivity index (χ4n) is 2.30. The lowest BCUT2D eigenvalue weighted by molar-refractivity contribution is 0.204. The maximum Gasteiger partial charge on any atom is 0.165 e. The van der Waals surface area contributed by atoms with Crippen LogP contribution in [0.1, 0.15) is 31.4 Å². The van der Waals surface area contributed by atoms with Gasteiger partial charge >= 0.3 is 0 Å². The Kier molecular flexibility index (Phi) is 4.32. The molecule has 0 aliphatic heterocycles. The first-order valence-electron chi connectivity index (χ1n) is 6.71. The van der Waals surface area contributed by atoms with Gasteiger partial charge in [0.25, 0.3) is 0 Å². The maximum absolute atomic E-state index is 9.34. The third kappa shape index (κ3) is 3.01. The highest BCUT2D eigenvalue weighted by Crippen LogP contribution is 2.45. The molecule has 2 N–H and O–H groups in total. The molecule has 19 heavy (non-hydrogen) atoms. The van der Waals surface area contributed by atoms with Crippen LogP contribution in [0.4, 0.5) is 0 Å². The molecule has 1 atom stereocenters. The van der Waals surface area contributed by atoms with Gasteiger partial charge in [-0.1, -0.05) is 12.1 Å². The van der Waals surface area contributed by atoms with Gasteiger partial charge in [0.15, 0.2) is 11.5 Å². The quantitative estimate of drug-likeness (QED) is 0.793. The molecule has 1 aliphatic rings. The molecule has 106 valence electrons. The lowest BCUT2D eigenvalue weighted by atomic mass is 10.0. The summed E-state index contributed by atoms with van der Waals surface area (Å²) in [5, 5.41) is 12.8. The normalized spacial score (nSPS) is 17.9. The van der Waals surface area contributed by atoms with Crippen LogP contribution in [0.5, 0.6) is 11.5 Å². The Morgan fingerprint density at radius 2 is 2.05 bits per heavy atom. The lowest BCUT2D eigenvalue weighted by Gasteiger charge is -2.21. The summed E-state index contributed by atoms with van der Waals surface area (Å²) in [5.41, 5.74) is 1.19. The second kappa shape index (κ2) is 5.80. The summed E-state index contributed by atoms with van der Waals surface area (Å²) < 4.78 is 10.8. The van der Waals surface area contributed by atoms with E-state index in [1.807, 2.05) is 18.2 Å². The van der Waals surface area contributed by atoms with E-state index in [1.54, 1.807) is 14.2 Å². The Morgan fingerprint density at radius 1 is 1.32 bits per heavy atom. The van der Waals surface area contributed by atoms with E-state index in [0.29, 0.717) is 0 Å². The summed E-state index contributed by atoms with van der Waals surface area (Å²) in [4.78, 5) is 0. The van der Waals surface area contributed by atoms with Crippen LogP contribution in [0, 0.1) is 5.41 Å². The van der Waals surface area contributed by atoms with Crippen LogP contribution in [0.25, 0.3) is 0 Å². The van der Waals surface area contributed by atoms with Gasteiger partial charge in [-0.2, -0.15) is 0 Å². The molecular weight excluding hydrogens is 242 g/mol. The van der Waals surface area contributed by atoms with E-state index in [9.17, 15) is 5.11 Å². The van der Waals surface area contributed by atoms with Gasteiger partial charge in [-0.3, -0.25) is 0 Å². The van der Waals surface area contributed by atoms with Crippen LogP contribution >= 0.6 is 0 Å². The molecular formula is C15H23NO3. The van der Waals surface area contributed by atoms with E-state index in [2.05, 4.69) is 12.2 Å². The standard InChI is InChI=1S/C15H23NO3/c1-11(16-9-15(10-17)7-8-15)12-5-4-6-13(18-2)14(12)19-3/h4-6,11,16-17H,7-10H2,1-3H3. The molecule has 0 radical (unpaired) electrons. The molecule has 0 aromatic heterocycles. The van der Waals surface area contributed by atoms with Crippen molar-refractivity contribution >= 4 is 0 Å². The Balaban J connectivity index is 2.08. The van der Waals surface area contributed by atoms with Crippen molar-refractivity contribution in [2.24, 2.45) is 5.41 Å². The molecule has 0 spiro atoms. The highest BCUT2D eigenvalue weighted by molar-refractivity contribution is 5.47. The van der Waals surface area contributed by atoms with Crippen molar-refractivity contribution in [1.29, 1.82) is 0 Å². The van der Waals surface area contributed by atoms with Crippen LogP contribution in [-0.2, 0) is 0 Å². The molecule has 1 aromatic carbocycles. The van der Waals surface area contributed by atoms with Crippen LogP contribution in [-0.4, -0.2) is 32.5 Å². The molecule has 0 saturated heterocycles. The molecule has 0 bridgehead atoms. The summed E-state index contributed by atoms with van der Waals surface area (Å²) in [6, 6.07) is 6.06. The van der Waals surface area contributed by atoms with Gasteiger partial charge in [0.1, 0.15) is 0 Å². The average Bonchev–Trinajstić information content (AvgIpc) is 3.24. The number of hydrogen-bond acceptors (Lipinski definition) is 4. The van der Waals surface area contributed by atoms with Crippen molar-refractivity contribution in [1.82, 2.24) is 5.32 Å². The fraction of sp³-hybridized carbons (Fsp3) is 0.600. The minimum absolute atomic E-state index is 0.111. The predicted octanol–water partition coefficient (Wildman–Crippen LogP) is 2.13. The number of methoxy groups -OCH3 is 2. The number of aliphatic hydroxyl groups is 1. The number of hydrogen-bond donors (Lipinski definition) is 2. The van der Waals surface area contributed by atoms with Gasteiger partial charge in [-0.15, -0.1) is 0 Å². The largest absolute Gasteiger partial charge is 0.493 e. The van der Waals surface area contributed by atoms with E-state index in [-0.39, 0.29) is 18.1 Å². The Labute approximate surface area is 114 Å². The van der Waals surface area contributed by atoms with Gasteiger partial charge in [0.2, 0.25) is 0 Å². The van der Waals surface area contributed by atoms with Crippen molar-refractivity contribution in [2.45, 2.75) is 25.8 Å². The second-order valence-corrected chi connectivity index (χ2v) is 5.34. The number of aliphatic hydroxyl groups excluding tert-OH is 1. The highest BCUT2D eigenvalue weighted by Gasteiger charge is 2.41. The Morgan fingerprint density at radius 3 is 2.58 bits per heavy atom. The minimum atomic E-state index is 0.111. The first-order chi connectivity index (χ1) is 9.15. The zero-order chi connectivity index (χ0) is 13.9. The SMILES string of the molecule is COc1cccc(C(C)NCC2(CO)CC2)c1OC. The van der Waals surface area contributed by atoms with Gasteiger partial charge in [0.05, 0.1) is 14.2 Å². The van der Waals surface area contributed by atoms with E-state index in [0.717, 1.165) is 36.4 Å². The first-order valence-corrected chi connectivity index (χ1v) is 6.71. The molecule has 1 aromatic rings. The summed E-state index contributed by atoms with van der Waals surface area (Å²) in [7, 11) is 3.30.